The molecule has 42 heavy (non-hydrogen) atoms. The van der Waals surface area contributed by atoms with Gasteiger partial charge in [0, 0.05) is 33.7 Å². The molecule has 13 heteroatoms. The van der Waals surface area contributed by atoms with Gasteiger partial charge in [-0.2, -0.15) is 0 Å². The lowest BCUT2D eigenvalue weighted by Crippen LogP contribution is -2.52. The number of ether oxygens (including phenoxy) is 2. The number of amides is 2. The van der Waals surface area contributed by atoms with Crippen LogP contribution < -0.4 is 19.1 Å². The summed E-state index contributed by atoms with van der Waals surface area (Å²) in [6.45, 7) is 4.44. The van der Waals surface area contributed by atoms with Crippen LogP contribution >= 0.6 is 34.8 Å². The van der Waals surface area contributed by atoms with Crippen LogP contribution in [-0.4, -0.2) is 58.0 Å². The summed E-state index contributed by atoms with van der Waals surface area (Å²) >= 11 is 18.5. The average Bonchev–Trinajstić information content (AvgIpc) is 2.94. The van der Waals surface area contributed by atoms with Crippen LogP contribution in [0, 0.1) is 0 Å². The fraction of sp³-hybridized carbons (Fsp3) is 0.310. The number of hydrogen-bond acceptors (Lipinski definition) is 6. The maximum Gasteiger partial charge on any atom is 0.264 e. The monoisotopic (exact) mass is 655 g/mol. The van der Waals surface area contributed by atoms with Crippen molar-refractivity contribution in [1.82, 2.24) is 10.2 Å². The van der Waals surface area contributed by atoms with Gasteiger partial charge >= 0.3 is 0 Å². The van der Waals surface area contributed by atoms with Gasteiger partial charge in [-0.25, -0.2) is 8.42 Å². The third-order valence-electron chi connectivity index (χ3n) is 6.29. The molecule has 0 radical (unpaired) electrons. The van der Waals surface area contributed by atoms with E-state index < -0.39 is 34.4 Å². The van der Waals surface area contributed by atoms with Crippen LogP contribution in [0.1, 0.15) is 26.3 Å². The minimum absolute atomic E-state index is 0.0770. The number of hydrogen-bond donors (Lipinski definition) is 1. The molecule has 9 nitrogen and oxygen atoms in total. The number of nitrogens with zero attached hydrogens (tertiary/aromatic N) is 2. The van der Waals surface area contributed by atoms with E-state index in [0.29, 0.717) is 26.4 Å². The molecule has 3 rings (SSSR count). The van der Waals surface area contributed by atoms with Crippen molar-refractivity contribution in [2.24, 2.45) is 0 Å². The summed E-state index contributed by atoms with van der Waals surface area (Å²) in [5.74, 6) is -0.531. The van der Waals surface area contributed by atoms with Gasteiger partial charge in [-0.1, -0.05) is 40.9 Å². The lowest BCUT2D eigenvalue weighted by molar-refractivity contribution is -0.139. The van der Waals surface area contributed by atoms with E-state index in [-0.39, 0.29) is 28.9 Å². The molecular formula is C29H32Cl3N3O6S. The maximum atomic E-state index is 14.1. The molecule has 226 valence electrons. The summed E-state index contributed by atoms with van der Waals surface area (Å²) in [5, 5.41) is 3.88. The van der Waals surface area contributed by atoms with E-state index >= 15 is 0 Å². The SMILES string of the molecule is COc1ccc(S(=O)(=O)N(CC(=O)N(Cc2ccc(Cl)cc2Cl)[C@H](C)C(=O)NC(C)C)c2ccc(Cl)cc2)cc1OC. The first-order valence-electron chi connectivity index (χ1n) is 12.8. The van der Waals surface area contributed by atoms with Gasteiger partial charge < -0.3 is 19.7 Å². The number of benzene rings is 3. The van der Waals surface area contributed by atoms with Crippen LogP contribution in [-0.2, 0) is 26.2 Å². The lowest BCUT2D eigenvalue weighted by Gasteiger charge is -2.32. The molecule has 0 fully saturated rings. The molecule has 0 saturated heterocycles. The van der Waals surface area contributed by atoms with E-state index in [9.17, 15) is 18.0 Å². The highest BCUT2D eigenvalue weighted by molar-refractivity contribution is 7.92. The van der Waals surface area contributed by atoms with Crippen molar-refractivity contribution >= 4 is 62.3 Å². The molecule has 0 bridgehead atoms. The smallest absolute Gasteiger partial charge is 0.264 e. The molecule has 2 amide bonds. The summed E-state index contributed by atoms with van der Waals surface area (Å²) in [5.41, 5.74) is 0.714. The number of carbonyl (C=O) groups is 2. The Balaban J connectivity index is 2.09. The van der Waals surface area contributed by atoms with Crippen molar-refractivity contribution in [3.63, 3.8) is 0 Å². The van der Waals surface area contributed by atoms with Crippen LogP contribution in [0.4, 0.5) is 5.69 Å². The highest BCUT2D eigenvalue weighted by Crippen LogP contribution is 2.33. The Morgan fingerprint density at radius 3 is 2.05 bits per heavy atom. The first-order valence-corrected chi connectivity index (χ1v) is 15.4. The zero-order valence-electron chi connectivity index (χ0n) is 23.7. The van der Waals surface area contributed by atoms with Gasteiger partial charge in [0.2, 0.25) is 11.8 Å². The van der Waals surface area contributed by atoms with Gasteiger partial charge in [-0.05, 0) is 74.9 Å². The second-order valence-electron chi connectivity index (χ2n) is 9.60. The maximum absolute atomic E-state index is 14.1. The minimum Gasteiger partial charge on any atom is -0.493 e. The highest BCUT2D eigenvalue weighted by atomic mass is 35.5. The first kappa shape index (κ1) is 33.3. The Morgan fingerprint density at radius 2 is 1.48 bits per heavy atom. The number of nitrogens with one attached hydrogen (secondary N) is 1. The molecule has 0 heterocycles. The van der Waals surface area contributed by atoms with E-state index in [1.54, 1.807) is 32.9 Å². The molecule has 3 aromatic carbocycles. The summed E-state index contributed by atoms with van der Waals surface area (Å²) in [7, 11) is -1.52. The van der Waals surface area contributed by atoms with Crippen LogP contribution in [0.25, 0.3) is 0 Å². The van der Waals surface area contributed by atoms with E-state index in [1.165, 1.54) is 67.7 Å². The third kappa shape index (κ3) is 8.01. The molecule has 0 aliphatic heterocycles. The van der Waals surface area contributed by atoms with Crippen molar-refractivity contribution in [2.45, 2.75) is 44.3 Å². The third-order valence-corrected chi connectivity index (χ3v) is 8.90. The van der Waals surface area contributed by atoms with Gasteiger partial charge in [0.1, 0.15) is 12.6 Å². The fourth-order valence-electron chi connectivity index (χ4n) is 4.06. The van der Waals surface area contributed by atoms with Crippen LogP contribution in [0.5, 0.6) is 11.5 Å². The Morgan fingerprint density at radius 1 is 0.857 bits per heavy atom. The Bertz CT molecular complexity index is 1530. The topological polar surface area (TPSA) is 105 Å². The Labute approximate surface area is 261 Å². The molecule has 0 saturated carbocycles. The molecule has 0 unspecified atom stereocenters. The van der Waals surface area contributed by atoms with Gasteiger partial charge in [-0.15, -0.1) is 0 Å². The largest absolute Gasteiger partial charge is 0.493 e. The predicted octanol–water partition coefficient (Wildman–Crippen LogP) is 5.80. The van der Waals surface area contributed by atoms with Gasteiger partial charge in [0.25, 0.3) is 10.0 Å². The summed E-state index contributed by atoms with van der Waals surface area (Å²) in [6, 6.07) is 13.8. The number of halogens is 3. The molecule has 1 atom stereocenters. The van der Waals surface area contributed by atoms with Crippen molar-refractivity contribution in [3.8, 4) is 11.5 Å². The Hall–Kier alpha value is -3.18. The molecular weight excluding hydrogens is 625 g/mol. The van der Waals surface area contributed by atoms with Gasteiger partial charge in [0.15, 0.2) is 11.5 Å². The second-order valence-corrected chi connectivity index (χ2v) is 12.7. The van der Waals surface area contributed by atoms with Crippen LogP contribution in [0.3, 0.4) is 0 Å². The van der Waals surface area contributed by atoms with Crippen LogP contribution in [0.2, 0.25) is 15.1 Å². The molecule has 3 aromatic rings. The van der Waals surface area contributed by atoms with Crippen molar-refractivity contribution in [1.29, 1.82) is 0 Å². The predicted molar refractivity (Wildman–Crippen MR) is 165 cm³/mol. The number of carbonyl (C=O) groups excluding carboxylic acids is 2. The molecule has 0 aliphatic carbocycles. The average molecular weight is 657 g/mol. The molecule has 0 spiro atoms. The number of methoxy groups -OCH3 is 2. The number of sulfonamides is 1. The summed E-state index contributed by atoms with van der Waals surface area (Å²) in [4.78, 5) is 28.2. The molecule has 0 aromatic heterocycles. The Kier molecular flexibility index (Phi) is 11.4. The van der Waals surface area contributed by atoms with Crippen molar-refractivity contribution in [3.05, 3.63) is 81.3 Å². The summed E-state index contributed by atoms with van der Waals surface area (Å²) < 4.78 is 39.6. The zero-order valence-corrected chi connectivity index (χ0v) is 26.8. The zero-order chi connectivity index (χ0) is 31.2. The van der Waals surface area contributed by atoms with E-state index in [2.05, 4.69) is 5.32 Å². The van der Waals surface area contributed by atoms with Crippen LogP contribution in [0.15, 0.2) is 65.6 Å². The first-order chi connectivity index (χ1) is 19.8. The van der Waals surface area contributed by atoms with E-state index in [0.717, 1.165) is 4.31 Å². The van der Waals surface area contributed by atoms with E-state index in [4.69, 9.17) is 44.3 Å². The number of anilines is 1. The quantitative estimate of drug-likeness (QED) is 0.264. The summed E-state index contributed by atoms with van der Waals surface area (Å²) in [6.07, 6.45) is 0. The standard InChI is InChI=1S/C29H32Cl3N3O6S/c1-18(2)33-29(37)19(3)34(16-20-6-7-22(31)14-25(20)32)28(36)17-35(23-10-8-21(30)9-11-23)42(38,39)24-12-13-26(40-4)27(15-24)41-5/h6-15,18-19H,16-17H2,1-5H3,(H,33,37)/t19-/m1/s1. The molecule has 1 N–H and O–H groups in total. The number of rotatable bonds is 12. The normalized spacial score (nSPS) is 12.0. The minimum atomic E-state index is -4.34. The van der Waals surface area contributed by atoms with Gasteiger partial charge in [0.05, 0.1) is 24.8 Å². The lowest BCUT2D eigenvalue weighted by atomic mass is 10.1. The second kappa shape index (κ2) is 14.3. The van der Waals surface area contributed by atoms with Crippen molar-refractivity contribution < 1.29 is 27.5 Å². The fourth-order valence-corrected chi connectivity index (χ4v) is 6.09. The van der Waals surface area contributed by atoms with Crippen molar-refractivity contribution in [2.75, 3.05) is 25.1 Å². The molecule has 0 aliphatic rings. The highest BCUT2D eigenvalue weighted by Gasteiger charge is 2.33. The van der Waals surface area contributed by atoms with Gasteiger partial charge in [-0.3, -0.25) is 13.9 Å². The van der Waals surface area contributed by atoms with E-state index in [1.807, 2.05) is 0 Å².